The molecule has 0 saturated carbocycles. The Labute approximate surface area is 201 Å². The summed E-state index contributed by atoms with van der Waals surface area (Å²) < 4.78 is 6.00. The van der Waals surface area contributed by atoms with Gasteiger partial charge in [-0.15, -0.1) is 0 Å². The van der Waals surface area contributed by atoms with Gasteiger partial charge in [-0.1, -0.05) is 24.3 Å². The molecule has 35 heavy (non-hydrogen) atoms. The maximum Gasteiger partial charge on any atom is 0.239 e. The highest BCUT2D eigenvalue weighted by molar-refractivity contribution is 6.05. The molecule has 0 saturated heterocycles. The number of nitrogens with one attached hydrogen (secondary N) is 3. The Morgan fingerprint density at radius 1 is 1.06 bits per heavy atom. The number of nitrogens with zero attached hydrogens (tertiary/aromatic N) is 2. The quantitative estimate of drug-likeness (QED) is 0.290. The first-order valence-electron chi connectivity index (χ1n) is 11.5. The molecule has 1 aliphatic heterocycles. The summed E-state index contributed by atoms with van der Waals surface area (Å²) in [5.74, 6) is 0.716. The zero-order chi connectivity index (χ0) is 23.8. The van der Waals surface area contributed by atoms with E-state index in [4.69, 9.17) is 10.5 Å². The van der Waals surface area contributed by atoms with Crippen molar-refractivity contribution < 1.29 is 9.53 Å². The summed E-state index contributed by atoms with van der Waals surface area (Å²) in [6, 6.07) is 15.9. The molecule has 8 heteroatoms. The molecule has 0 spiro atoms. The number of aromatic nitrogens is 4. The molecule has 1 amide bonds. The van der Waals surface area contributed by atoms with E-state index in [1.54, 1.807) is 24.8 Å². The molecule has 3 aromatic heterocycles. The van der Waals surface area contributed by atoms with Crippen molar-refractivity contribution in [3.63, 3.8) is 0 Å². The number of imidazole rings is 1. The van der Waals surface area contributed by atoms with Gasteiger partial charge in [-0.2, -0.15) is 0 Å². The smallest absolute Gasteiger partial charge is 0.239 e. The molecule has 2 aromatic carbocycles. The predicted octanol–water partition coefficient (Wildman–Crippen LogP) is 3.99. The average Bonchev–Trinajstić information content (AvgIpc) is 3.61. The third kappa shape index (κ3) is 4.04. The minimum atomic E-state index is -0.463. The first kappa shape index (κ1) is 21.1. The number of nitrogens with two attached hydrogens (primary N) is 1. The van der Waals surface area contributed by atoms with Crippen LogP contribution in [0.1, 0.15) is 22.9 Å². The summed E-state index contributed by atoms with van der Waals surface area (Å²) in [6.07, 6.45) is 9.56. The van der Waals surface area contributed by atoms with Crippen LogP contribution in [-0.4, -0.2) is 38.5 Å². The van der Waals surface area contributed by atoms with E-state index in [0.29, 0.717) is 24.6 Å². The second-order valence-electron chi connectivity index (χ2n) is 8.74. The lowest BCUT2D eigenvalue weighted by Crippen LogP contribution is -2.30. The summed E-state index contributed by atoms with van der Waals surface area (Å²) in [6.45, 7) is 0.369. The number of carbonyl (C=O) groups excluding carboxylic acids is 1. The number of benzene rings is 2. The Hall–Kier alpha value is -4.43. The van der Waals surface area contributed by atoms with E-state index in [2.05, 4.69) is 37.4 Å². The van der Waals surface area contributed by atoms with E-state index in [0.717, 1.165) is 27.9 Å². The lowest BCUT2D eigenvalue weighted by atomic mass is 9.96. The van der Waals surface area contributed by atoms with Crippen LogP contribution in [0.15, 0.2) is 79.5 Å². The minimum Gasteiger partial charge on any atom is -0.490 e. The SMILES string of the molecule is N[C@H](COc1cncc(-c2ccc3c(c2)C(c2ncc[nH]2)C(=O)N3)c1)Cc1c[nH]c2ccccc12. The van der Waals surface area contributed by atoms with Gasteiger partial charge in [0.25, 0.3) is 0 Å². The van der Waals surface area contributed by atoms with E-state index in [1.165, 1.54) is 10.9 Å². The number of ether oxygens (including phenoxy) is 1. The van der Waals surface area contributed by atoms with E-state index >= 15 is 0 Å². The van der Waals surface area contributed by atoms with E-state index in [9.17, 15) is 4.79 Å². The number of hydrogen-bond acceptors (Lipinski definition) is 5. The molecule has 5 aromatic rings. The van der Waals surface area contributed by atoms with Gasteiger partial charge in [0.05, 0.1) is 6.20 Å². The van der Waals surface area contributed by atoms with Crippen molar-refractivity contribution in [1.82, 2.24) is 19.9 Å². The fraction of sp³-hybridized carbons (Fsp3) is 0.148. The van der Waals surface area contributed by atoms with Gasteiger partial charge >= 0.3 is 0 Å². The van der Waals surface area contributed by atoms with Gasteiger partial charge < -0.3 is 25.8 Å². The van der Waals surface area contributed by atoms with Crippen molar-refractivity contribution in [3.05, 3.63) is 96.5 Å². The van der Waals surface area contributed by atoms with Gasteiger partial charge in [0.1, 0.15) is 24.1 Å². The molecule has 5 N–H and O–H groups in total. The molecule has 174 valence electrons. The first-order valence-corrected chi connectivity index (χ1v) is 11.5. The van der Waals surface area contributed by atoms with Crippen LogP contribution < -0.4 is 15.8 Å². The molecule has 0 radical (unpaired) electrons. The average molecular weight is 465 g/mol. The Kier molecular flexibility index (Phi) is 5.27. The maximum atomic E-state index is 12.5. The van der Waals surface area contributed by atoms with Crippen molar-refractivity contribution in [1.29, 1.82) is 0 Å². The normalized spacial score (nSPS) is 15.7. The monoisotopic (exact) mass is 464 g/mol. The molecule has 1 unspecified atom stereocenters. The number of hydrogen-bond donors (Lipinski definition) is 4. The third-order valence-electron chi connectivity index (χ3n) is 6.34. The zero-order valence-corrected chi connectivity index (χ0v) is 18.9. The fourth-order valence-electron chi connectivity index (χ4n) is 4.65. The van der Waals surface area contributed by atoms with Crippen LogP contribution in [-0.2, 0) is 11.2 Å². The van der Waals surface area contributed by atoms with E-state index < -0.39 is 5.92 Å². The highest BCUT2D eigenvalue weighted by Crippen LogP contribution is 2.38. The van der Waals surface area contributed by atoms with Crippen LogP contribution in [0.2, 0.25) is 0 Å². The summed E-state index contributed by atoms with van der Waals surface area (Å²) in [4.78, 5) is 27.5. The Morgan fingerprint density at radius 3 is 2.86 bits per heavy atom. The highest BCUT2D eigenvalue weighted by atomic mass is 16.5. The number of fused-ring (bicyclic) bond motifs is 2. The first-order chi connectivity index (χ1) is 17.2. The van der Waals surface area contributed by atoms with Crippen molar-refractivity contribution >= 4 is 22.5 Å². The van der Waals surface area contributed by atoms with Gasteiger partial charge in [0.15, 0.2) is 0 Å². The summed E-state index contributed by atoms with van der Waals surface area (Å²) in [5.41, 5.74) is 12.2. The summed E-state index contributed by atoms with van der Waals surface area (Å²) in [5, 5.41) is 4.12. The fourth-order valence-corrected chi connectivity index (χ4v) is 4.65. The third-order valence-corrected chi connectivity index (χ3v) is 6.34. The van der Waals surface area contributed by atoms with Crippen LogP contribution >= 0.6 is 0 Å². The number of anilines is 1. The lowest BCUT2D eigenvalue weighted by Gasteiger charge is -2.14. The summed E-state index contributed by atoms with van der Waals surface area (Å²) in [7, 11) is 0. The van der Waals surface area contributed by atoms with Gasteiger partial charge in [-0.25, -0.2) is 4.98 Å². The number of rotatable bonds is 7. The molecule has 0 aliphatic carbocycles. The Morgan fingerprint density at radius 2 is 1.97 bits per heavy atom. The van der Waals surface area contributed by atoms with Crippen LogP contribution in [0.3, 0.4) is 0 Å². The number of pyridine rings is 1. The minimum absolute atomic E-state index is 0.0912. The molecular formula is C27H24N6O2. The number of carbonyl (C=O) groups is 1. The lowest BCUT2D eigenvalue weighted by molar-refractivity contribution is -0.116. The molecule has 0 fully saturated rings. The number of aromatic amines is 2. The molecule has 4 heterocycles. The Bertz CT molecular complexity index is 1510. The van der Waals surface area contributed by atoms with Crippen LogP contribution in [0, 0.1) is 0 Å². The number of para-hydroxylation sites is 1. The second kappa shape index (κ2) is 8.73. The van der Waals surface area contributed by atoms with Crippen LogP contribution in [0.25, 0.3) is 22.0 Å². The molecule has 6 rings (SSSR count). The summed E-state index contributed by atoms with van der Waals surface area (Å²) >= 11 is 0. The van der Waals surface area contributed by atoms with Crippen LogP contribution in [0.5, 0.6) is 5.75 Å². The predicted molar refractivity (Wildman–Crippen MR) is 134 cm³/mol. The van der Waals surface area contributed by atoms with Crippen LogP contribution in [0.4, 0.5) is 5.69 Å². The second-order valence-corrected chi connectivity index (χ2v) is 8.74. The number of H-pyrrole nitrogens is 2. The van der Waals surface area contributed by atoms with Gasteiger partial charge in [0, 0.05) is 53.0 Å². The molecule has 2 atom stereocenters. The highest BCUT2D eigenvalue weighted by Gasteiger charge is 2.34. The van der Waals surface area contributed by atoms with E-state index in [-0.39, 0.29) is 11.9 Å². The number of amides is 1. The molecular weight excluding hydrogens is 440 g/mol. The van der Waals surface area contributed by atoms with Crippen molar-refractivity contribution in [2.75, 3.05) is 11.9 Å². The molecule has 8 nitrogen and oxygen atoms in total. The molecule has 0 bridgehead atoms. The Balaban J connectivity index is 1.18. The van der Waals surface area contributed by atoms with Gasteiger partial charge in [-0.3, -0.25) is 9.78 Å². The van der Waals surface area contributed by atoms with Gasteiger partial charge in [0.2, 0.25) is 5.91 Å². The molecule has 1 aliphatic rings. The van der Waals surface area contributed by atoms with E-state index in [1.807, 2.05) is 42.6 Å². The van der Waals surface area contributed by atoms with Crippen molar-refractivity contribution in [2.24, 2.45) is 5.73 Å². The van der Waals surface area contributed by atoms with Crippen molar-refractivity contribution in [2.45, 2.75) is 18.4 Å². The van der Waals surface area contributed by atoms with Crippen molar-refractivity contribution in [3.8, 4) is 16.9 Å². The largest absolute Gasteiger partial charge is 0.490 e. The maximum absolute atomic E-state index is 12.5. The topological polar surface area (TPSA) is 122 Å². The standard InChI is InChI=1S/C27H24N6O2/c28-19(9-18-13-32-23-4-2-1-3-21(18)23)15-35-20-10-17(12-29-14-20)16-5-6-24-22(11-16)25(27(34)33-24)26-30-7-8-31-26/h1-8,10-14,19,25,32H,9,15,28H2,(H,30,31)(H,33,34)/t19-,25?/m0/s1. The zero-order valence-electron chi connectivity index (χ0n) is 18.9. The van der Waals surface area contributed by atoms with Gasteiger partial charge in [-0.05, 0) is 47.4 Å².